The predicted molar refractivity (Wildman–Crippen MR) is 71.6 cm³/mol. The molecular formula is C11H24N2O4S. The molecule has 6 nitrogen and oxygen atoms in total. The van der Waals surface area contributed by atoms with Crippen LogP contribution in [0, 0.1) is 0 Å². The molecule has 0 rings (SSSR count). The molecule has 0 aromatic carbocycles. The normalized spacial score (nSPS) is 12.6. The average Bonchev–Trinajstić information content (AvgIpc) is 2.21. The summed E-state index contributed by atoms with van der Waals surface area (Å²) in [5.74, 6) is -0.929. The Balaban J connectivity index is 4.37. The summed E-state index contributed by atoms with van der Waals surface area (Å²) < 4.78 is 23.3. The Bertz CT molecular complexity index is 352. The maximum Gasteiger partial charge on any atom is 0.317 e. The van der Waals surface area contributed by atoms with E-state index in [1.54, 1.807) is 18.7 Å². The summed E-state index contributed by atoms with van der Waals surface area (Å²) in [4.78, 5) is 14.3. The first-order valence-electron chi connectivity index (χ1n) is 5.95. The molecule has 0 saturated heterocycles. The largest absolute Gasteiger partial charge is 0.480 e. The van der Waals surface area contributed by atoms with Crippen LogP contribution in [0.25, 0.3) is 0 Å². The molecule has 0 aromatic rings. The van der Waals surface area contributed by atoms with E-state index in [9.17, 15) is 13.2 Å². The number of rotatable bonds is 9. The van der Waals surface area contributed by atoms with Crippen molar-refractivity contribution in [1.82, 2.24) is 9.80 Å². The van der Waals surface area contributed by atoms with Gasteiger partial charge in [-0.15, -0.1) is 0 Å². The first kappa shape index (κ1) is 17.3. The molecule has 0 bridgehead atoms. The molecule has 0 aliphatic heterocycles. The summed E-state index contributed by atoms with van der Waals surface area (Å²) in [5.41, 5.74) is 0. The first-order chi connectivity index (χ1) is 8.15. The molecule has 0 unspecified atom stereocenters. The van der Waals surface area contributed by atoms with Crippen molar-refractivity contribution in [2.45, 2.75) is 19.1 Å². The van der Waals surface area contributed by atoms with E-state index in [-0.39, 0.29) is 18.8 Å². The van der Waals surface area contributed by atoms with Gasteiger partial charge in [0.25, 0.3) is 0 Å². The van der Waals surface area contributed by atoms with Gasteiger partial charge in [0.15, 0.2) is 9.84 Å². The molecule has 0 radical (unpaired) electrons. The molecule has 0 fully saturated rings. The number of sulfone groups is 1. The number of likely N-dealkylation sites (N-methyl/N-ethyl adjacent to an activating group) is 1. The van der Waals surface area contributed by atoms with Gasteiger partial charge in [-0.25, -0.2) is 8.42 Å². The van der Waals surface area contributed by atoms with Crippen LogP contribution in [0.4, 0.5) is 0 Å². The predicted octanol–water partition coefficient (Wildman–Crippen LogP) is -0.242. The van der Waals surface area contributed by atoms with Crippen LogP contribution in [0.1, 0.15) is 13.8 Å². The van der Waals surface area contributed by atoms with Crippen LogP contribution in [-0.4, -0.2) is 80.6 Å². The highest BCUT2D eigenvalue weighted by molar-refractivity contribution is 7.92. The topological polar surface area (TPSA) is 77.9 Å². The highest BCUT2D eigenvalue weighted by Gasteiger charge is 2.18. The molecule has 18 heavy (non-hydrogen) atoms. The lowest BCUT2D eigenvalue weighted by Gasteiger charge is -2.22. The van der Waals surface area contributed by atoms with E-state index in [4.69, 9.17) is 5.11 Å². The van der Waals surface area contributed by atoms with Gasteiger partial charge in [-0.1, -0.05) is 0 Å². The number of hydrogen-bond donors (Lipinski definition) is 1. The van der Waals surface area contributed by atoms with E-state index in [0.29, 0.717) is 13.1 Å². The van der Waals surface area contributed by atoms with Gasteiger partial charge in [0.1, 0.15) is 0 Å². The third-order valence-electron chi connectivity index (χ3n) is 2.63. The standard InChI is InChI=1S/C11H24N2O4S/c1-10(2)18(16,17)8-7-13(9-11(14)15)6-5-12(3)4/h10H,5-9H2,1-4H3,(H,14,15). The van der Waals surface area contributed by atoms with Gasteiger partial charge in [0.2, 0.25) is 0 Å². The Labute approximate surface area is 109 Å². The number of carboxylic acid groups (broad SMARTS) is 1. The highest BCUT2D eigenvalue weighted by Crippen LogP contribution is 2.02. The van der Waals surface area contributed by atoms with E-state index in [0.717, 1.165) is 0 Å². The van der Waals surface area contributed by atoms with Crippen molar-refractivity contribution in [3.63, 3.8) is 0 Å². The second-order valence-electron chi connectivity index (χ2n) is 4.89. The zero-order chi connectivity index (χ0) is 14.3. The zero-order valence-corrected chi connectivity index (χ0v) is 12.4. The van der Waals surface area contributed by atoms with Crippen LogP contribution in [0.15, 0.2) is 0 Å². The van der Waals surface area contributed by atoms with E-state index >= 15 is 0 Å². The summed E-state index contributed by atoms with van der Waals surface area (Å²) in [6.07, 6.45) is 0. The molecule has 0 amide bonds. The lowest BCUT2D eigenvalue weighted by atomic mass is 10.4. The number of aliphatic carboxylic acids is 1. The number of carboxylic acids is 1. The van der Waals surface area contributed by atoms with Crippen molar-refractivity contribution in [3.8, 4) is 0 Å². The van der Waals surface area contributed by atoms with Crippen molar-refractivity contribution in [2.75, 3.05) is 46.0 Å². The first-order valence-corrected chi connectivity index (χ1v) is 7.67. The molecule has 108 valence electrons. The summed E-state index contributed by atoms with van der Waals surface area (Å²) in [6.45, 7) is 4.66. The molecule has 0 spiro atoms. The Kier molecular flexibility index (Phi) is 7.42. The second kappa shape index (κ2) is 7.70. The Morgan fingerprint density at radius 3 is 2.11 bits per heavy atom. The summed E-state index contributed by atoms with van der Waals surface area (Å²) in [7, 11) is 0.670. The van der Waals surface area contributed by atoms with Gasteiger partial charge >= 0.3 is 5.97 Å². The quantitative estimate of drug-likeness (QED) is 0.628. The molecule has 0 aliphatic carbocycles. The zero-order valence-electron chi connectivity index (χ0n) is 11.6. The van der Waals surface area contributed by atoms with Crippen LogP contribution >= 0.6 is 0 Å². The van der Waals surface area contributed by atoms with Gasteiger partial charge in [0.05, 0.1) is 17.5 Å². The maximum absolute atomic E-state index is 11.7. The Morgan fingerprint density at radius 2 is 1.72 bits per heavy atom. The Hall–Kier alpha value is -0.660. The third-order valence-corrected chi connectivity index (χ3v) is 4.82. The van der Waals surface area contributed by atoms with Crippen molar-refractivity contribution in [2.24, 2.45) is 0 Å². The monoisotopic (exact) mass is 280 g/mol. The van der Waals surface area contributed by atoms with Crippen LogP contribution in [-0.2, 0) is 14.6 Å². The molecular weight excluding hydrogens is 256 g/mol. The minimum absolute atomic E-state index is 0.00533. The molecule has 0 atom stereocenters. The maximum atomic E-state index is 11.7. The lowest BCUT2D eigenvalue weighted by molar-refractivity contribution is -0.138. The van der Waals surface area contributed by atoms with Gasteiger partial charge < -0.3 is 10.0 Å². The molecule has 0 heterocycles. The average molecular weight is 280 g/mol. The van der Waals surface area contributed by atoms with E-state index in [1.165, 1.54) is 0 Å². The number of carbonyl (C=O) groups is 1. The lowest BCUT2D eigenvalue weighted by Crippen LogP contribution is -2.39. The summed E-state index contributed by atoms with van der Waals surface area (Å²) in [5, 5.41) is 8.36. The van der Waals surface area contributed by atoms with Crippen LogP contribution in [0.3, 0.4) is 0 Å². The van der Waals surface area contributed by atoms with Crippen LogP contribution < -0.4 is 0 Å². The van der Waals surface area contributed by atoms with Gasteiger partial charge in [-0.2, -0.15) is 0 Å². The van der Waals surface area contributed by atoms with E-state index in [2.05, 4.69) is 0 Å². The molecule has 0 aliphatic rings. The Morgan fingerprint density at radius 1 is 1.17 bits per heavy atom. The minimum atomic E-state index is -3.12. The SMILES string of the molecule is CC(C)S(=O)(=O)CCN(CCN(C)C)CC(=O)O. The van der Waals surface area contributed by atoms with Crippen molar-refractivity contribution in [1.29, 1.82) is 0 Å². The summed E-state index contributed by atoms with van der Waals surface area (Å²) in [6, 6.07) is 0. The van der Waals surface area contributed by atoms with Crippen LogP contribution in [0.5, 0.6) is 0 Å². The van der Waals surface area contributed by atoms with E-state index < -0.39 is 21.1 Å². The molecule has 0 saturated carbocycles. The fourth-order valence-electron chi connectivity index (χ4n) is 1.29. The minimum Gasteiger partial charge on any atom is -0.480 e. The van der Waals surface area contributed by atoms with Crippen molar-refractivity contribution >= 4 is 15.8 Å². The fourth-order valence-corrected chi connectivity index (χ4v) is 2.28. The number of nitrogens with zero attached hydrogens (tertiary/aromatic N) is 2. The van der Waals surface area contributed by atoms with Crippen LogP contribution in [0.2, 0.25) is 0 Å². The summed E-state index contributed by atoms with van der Waals surface area (Å²) >= 11 is 0. The van der Waals surface area contributed by atoms with Gasteiger partial charge in [-0.3, -0.25) is 9.69 Å². The van der Waals surface area contributed by atoms with Gasteiger partial charge in [-0.05, 0) is 27.9 Å². The van der Waals surface area contributed by atoms with Gasteiger partial charge in [0, 0.05) is 19.6 Å². The fraction of sp³-hybridized carbons (Fsp3) is 0.909. The van der Waals surface area contributed by atoms with Crippen molar-refractivity contribution in [3.05, 3.63) is 0 Å². The smallest absolute Gasteiger partial charge is 0.317 e. The highest BCUT2D eigenvalue weighted by atomic mass is 32.2. The second-order valence-corrected chi connectivity index (χ2v) is 7.57. The van der Waals surface area contributed by atoms with Crippen molar-refractivity contribution < 1.29 is 18.3 Å². The molecule has 7 heteroatoms. The molecule has 1 N–H and O–H groups in total. The van der Waals surface area contributed by atoms with E-state index in [1.807, 2.05) is 19.0 Å². The third kappa shape index (κ3) is 7.62. The molecule has 0 aromatic heterocycles. The number of hydrogen-bond acceptors (Lipinski definition) is 5.